The van der Waals surface area contributed by atoms with E-state index in [1.54, 1.807) is 0 Å². The summed E-state index contributed by atoms with van der Waals surface area (Å²) in [7, 11) is 0. The van der Waals surface area contributed by atoms with Gasteiger partial charge < -0.3 is 5.32 Å². The summed E-state index contributed by atoms with van der Waals surface area (Å²) in [6.07, 6.45) is 3.19. The minimum Gasteiger partial charge on any atom is -0.314 e. The van der Waals surface area contributed by atoms with Gasteiger partial charge in [-0.3, -0.25) is 4.90 Å². The van der Waals surface area contributed by atoms with Crippen LogP contribution in [0.4, 0.5) is 0 Å². The minimum absolute atomic E-state index is 0.606. The third kappa shape index (κ3) is 8.00. The third-order valence-corrected chi connectivity index (χ3v) is 2.04. The van der Waals surface area contributed by atoms with E-state index in [1.807, 2.05) is 6.08 Å². The van der Waals surface area contributed by atoms with Crippen LogP contribution in [-0.4, -0.2) is 37.1 Å². The van der Waals surface area contributed by atoms with Gasteiger partial charge in [-0.25, -0.2) is 0 Å². The summed E-state index contributed by atoms with van der Waals surface area (Å²) < 4.78 is 0. The molecule has 0 aliphatic heterocycles. The van der Waals surface area contributed by atoms with Gasteiger partial charge in [0.15, 0.2) is 0 Å². The first-order valence-corrected chi connectivity index (χ1v) is 5.27. The first-order chi connectivity index (χ1) is 6.20. The molecular formula is C11H24N2. The van der Waals surface area contributed by atoms with Gasteiger partial charge in [-0.05, 0) is 26.1 Å². The van der Waals surface area contributed by atoms with E-state index >= 15 is 0 Å². The lowest BCUT2D eigenvalue weighted by atomic mass is 10.3. The molecule has 2 heteroatoms. The van der Waals surface area contributed by atoms with Crippen LogP contribution < -0.4 is 5.32 Å². The first-order valence-electron chi connectivity index (χ1n) is 5.27. The van der Waals surface area contributed by atoms with Crippen LogP contribution in [-0.2, 0) is 0 Å². The smallest absolute Gasteiger partial charge is 0.0160 e. The van der Waals surface area contributed by atoms with Crippen LogP contribution in [0.3, 0.4) is 0 Å². The van der Waals surface area contributed by atoms with Crippen molar-refractivity contribution in [2.75, 3.05) is 26.2 Å². The number of hydrogen-bond donors (Lipinski definition) is 1. The molecule has 0 bridgehead atoms. The summed E-state index contributed by atoms with van der Waals surface area (Å²) in [5.74, 6) is 0. The molecule has 0 amide bonds. The van der Waals surface area contributed by atoms with Crippen molar-refractivity contribution >= 4 is 0 Å². The zero-order valence-electron chi connectivity index (χ0n) is 9.34. The van der Waals surface area contributed by atoms with E-state index < -0.39 is 0 Å². The number of rotatable bonds is 8. The lowest BCUT2D eigenvalue weighted by molar-refractivity contribution is 0.311. The Bertz CT molecular complexity index is 121. The molecule has 0 saturated carbocycles. The molecule has 0 atom stereocenters. The summed E-state index contributed by atoms with van der Waals surface area (Å²) in [5.41, 5.74) is 0. The van der Waals surface area contributed by atoms with Crippen molar-refractivity contribution in [3.8, 4) is 0 Å². The predicted octanol–water partition coefficient (Wildman–Crippen LogP) is 1.88. The second-order valence-corrected chi connectivity index (χ2v) is 3.64. The quantitative estimate of drug-likeness (QED) is 0.458. The van der Waals surface area contributed by atoms with Gasteiger partial charge in [0.2, 0.25) is 0 Å². The number of nitrogens with zero attached hydrogens (tertiary/aromatic N) is 1. The average molecular weight is 184 g/mol. The van der Waals surface area contributed by atoms with E-state index in [9.17, 15) is 0 Å². The van der Waals surface area contributed by atoms with E-state index in [0.717, 1.165) is 19.6 Å². The van der Waals surface area contributed by atoms with Gasteiger partial charge in [0.05, 0.1) is 0 Å². The zero-order valence-corrected chi connectivity index (χ0v) is 9.34. The van der Waals surface area contributed by atoms with Gasteiger partial charge in [-0.15, -0.1) is 6.58 Å². The molecule has 0 aromatic carbocycles. The van der Waals surface area contributed by atoms with E-state index in [-0.39, 0.29) is 0 Å². The molecule has 0 saturated heterocycles. The lowest BCUT2D eigenvalue weighted by Crippen LogP contribution is -2.29. The maximum Gasteiger partial charge on any atom is 0.0160 e. The molecule has 0 spiro atoms. The second-order valence-electron chi connectivity index (χ2n) is 3.64. The third-order valence-electron chi connectivity index (χ3n) is 2.04. The van der Waals surface area contributed by atoms with Crippen molar-refractivity contribution < 1.29 is 0 Å². The van der Waals surface area contributed by atoms with Gasteiger partial charge in [-0.2, -0.15) is 0 Å². The van der Waals surface area contributed by atoms with E-state index in [0.29, 0.717) is 6.04 Å². The van der Waals surface area contributed by atoms with Crippen LogP contribution in [0.25, 0.3) is 0 Å². The molecular weight excluding hydrogens is 160 g/mol. The van der Waals surface area contributed by atoms with E-state index in [2.05, 4.69) is 37.6 Å². The van der Waals surface area contributed by atoms with Gasteiger partial charge in [0, 0.05) is 12.6 Å². The molecule has 0 aromatic heterocycles. The Labute approximate surface area is 83.0 Å². The van der Waals surface area contributed by atoms with Crippen LogP contribution in [0, 0.1) is 0 Å². The Morgan fingerprint density at radius 1 is 1.46 bits per heavy atom. The van der Waals surface area contributed by atoms with Crippen molar-refractivity contribution in [2.45, 2.75) is 33.2 Å². The normalized spacial score (nSPS) is 11.2. The second kappa shape index (κ2) is 8.27. The highest BCUT2D eigenvalue weighted by Crippen LogP contribution is 1.91. The van der Waals surface area contributed by atoms with Crippen molar-refractivity contribution in [3.63, 3.8) is 0 Å². The first kappa shape index (κ1) is 12.7. The topological polar surface area (TPSA) is 15.3 Å². The fourth-order valence-electron chi connectivity index (χ4n) is 1.25. The SMILES string of the molecule is C=CCN(CC)CCCNC(C)C. The number of likely N-dealkylation sites (N-methyl/N-ethyl adjacent to an activating group) is 1. The Morgan fingerprint density at radius 2 is 2.15 bits per heavy atom. The van der Waals surface area contributed by atoms with E-state index in [4.69, 9.17) is 0 Å². The van der Waals surface area contributed by atoms with Crippen molar-refractivity contribution in [1.82, 2.24) is 10.2 Å². The van der Waals surface area contributed by atoms with Crippen molar-refractivity contribution in [2.24, 2.45) is 0 Å². The van der Waals surface area contributed by atoms with Gasteiger partial charge in [0.1, 0.15) is 0 Å². The lowest BCUT2D eigenvalue weighted by Gasteiger charge is -2.18. The fraction of sp³-hybridized carbons (Fsp3) is 0.818. The van der Waals surface area contributed by atoms with Crippen molar-refractivity contribution in [1.29, 1.82) is 0 Å². The Morgan fingerprint density at radius 3 is 2.62 bits per heavy atom. The predicted molar refractivity (Wildman–Crippen MR) is 60.1 cm³/mol. The standard InChI is InChI=1S/C11H24N2/c1-5-9-13(6-2)10-7-8-12-11(3)4/h5,11-12H,1,6-10H2,2-4H3. The molecule has 1 N–H and O–H groups in total. The maximum absolute atomic E-state index is 3.75. The van der Waals surface area contributed by atoms with Crippen LogP contribution in [0.15, 0.2) is 12.7 Å². The number of hydrogen-bond acceptors (Lipinski definition) is 2. The molecule has 0 heterocycles. The van der Waals surface area contributed by atoms with Crippen LogP contribution >= 0.6 is 0 Å². The molecule has 0 aliphatic rings. The van der Waals surface area contributed by atoms with E-state index in [1.165, 1.54) is 13.0 Å². The molecule has 0 aromatic rings. The Hall–Kier alpha value is -0.340. The molecule has 0 radical (unpaired) electrons. The summed E-state index contributed by atoms with van der Waals surface area (Å²) >= 11 is 0. The summed E-state index contributed by atoms with van der Waals surface area (Å²) in [4.78, 5) is 2.40. The van der Waals surface area contributed by atoms with Crippen molar-refractivity contribution in [3.05, 3.63) is 12.7 Å². The fourth-order valence-corrected chi connectivity index (χ4v) is 1.25. The summed E-state index contributed by atoms with van der Waals surface area (Å²) in [6.45, 7) is 14.7. The van der Waals surface area contributed by atoms with Gasteiger partial charge >= 0.3 is 0 Å². The summed E-state index contributed by atoms with van der Waals surface area (Å²) in [6, 6.07) is 0.606. The van der Waals surface area contributed by atoms with Gasteiger partial charge in [-0.1, -0.05) is 26.8 Å². The molecule has 13 heavy (non-hydrogen) atoms. The van der Waals surface area contributed by atoms with Gasteiger partial charge in [0.25, 0.3) is 0 Å². The molecule has 78 valence electrons. The molecule has 0 unspecified atom stereocenters. The Kier molecular flexibility index (Phi) is 8.05. The number of nitrogens with one attached hydrogen (secondary N) is 1. The average Bonchev–Trinajstić information content (AvgIpc) is 2.10. The molecule has 0 fully saturated rings. The Balaban J connectivity index is 3.32. The minimum atomic E-state index is 0.606. The largest absolute Gasteiger partial charge is 0.314 e. The highest BCUT2D eigenvalue weighted by molar-refractivity contribution is 4.72. The molecule has 0 aliphatic carbocycles. The highest BCUT2D eigenvalue weighted by Gasteiger charge is 1.98. The maximum atomic E-state index is 3.75. The van der Waals surface area contributed by atoms with Crippen LogP contribution in [0.2, 0.25) is 0 Å². The molecule has 0 rings (SSSR count). The monoisotopic (exact) mass is 184 g/mol. The van der Waals surface area contributed by atoms with Crippen LogP contribution in [0.5, 0.6) is 0 Å². The molecule has 2 nitrogen and oxygen atoms in total. The highest BCUT2D eigenvalue weighted by atomic mass is 15.1. The zero-order chi connectivity index (χ0) is 10.1. The van der Waals surface area contributed by atoms with Crippen LogP contribution in [0.1, 0.15) is 27.2 Å². The summed E-state index contributed by atoms with van der Waals surface area (Å²) in [5, 5.41) is 3.41.